The average Bonchev–Trinajstić information content (AvgIpc) is 2.39. The number of piperidine rings is 1. The van der Waals surface area contributed by atoms with Crippen molar-refractivity contribution in [2.24, 2.45) is 11.8 Å². The lowest BCUT2D eigenvalue weighted by molar-refractivity contribution is -0.135. The summed E-state index contributed by atoms with van der Waals surface area (Å²) >= 11 is 0. The number of amides is 1. The first-order valence-corrected chi connectivity index (χ1v) is 6.51. The number of ketones is 1. The number of carbonyl (C=O) groups excluding carboxylic acids is 2. The molecule has 0 spiro atoms. The Labute approximate surface area is 108 Å². The third-order valence-corrected chi connectivity index (χ3v) is 3.42. The van der Waals surface area contributed by atoms with Gasteiger partial charge in [0, 0.05) is 18.2 Å². The van der Waals surface area contributed by atoms with E-state index in [-0.39, 0.29) is 17.6 Å². The fourth-order valence-electron chi connectivity index (χ4n) is 2.41. The zero-order valence-electron chi connectivity index (χ0n) is 10.9. The second-order valence-corrected chi connectivity index (χ2v) is 5.08. The SMILES string of the molecule is CC(C)C(=O)[C@H]1CCCN(c2ccccc2)C1=O. The molecule has 0 N–H and O–H groups in total. The second-order valence-electron chi connectivity index (χ2n) is 5.08. The van der Waals surface area contributed by atoms with Crippen LogP contribution in [0.3, 0.4) is 0 Å². The zero-order chi connectivity index (χ0) is 13.1. The number of rotatable bonds is 3. The summed E-state index contributed by atoms with van der Waals surface area (Å²) < 4.78 is 0. The quantitative estimate of drug-likeness (QED) is 0.768. The van der Waals surface area contributed by atoms with E-state index in [0.717, 1.165) is 12.1 Å². The highest BCUT2D eigenvalue weighted by molar-refractivity contribution is 6.09. The van der Waals surface area contributed by atoms with Crippen LogP contribution in [0, 0.1) is 11.8 Å². The van der Waals surface area contributed by atoms with Crippen LogP contribution in [0.1, 0.15) is 26.7 Å². The minimum Gasteiger partial charge on any atom is -0.312 e. The summed E-state index contributed by atoms with van der Waals surface area (Å²) in [7, 11) is 0. The van der Waals surface area contributed by atoms with Crippen LogP contribution in [-0.2, 0) is 9.59 Å². The highest BCUT2D eigenvalue weighted by Gasteiger charge is 2.35. The normalized spacial score (nSPS) is 20.3. The molecule has 1 aromatic rings. The van der Waals surface area contributed by atoms with Crippen LogP contribution in [-0.4, -0.2) is 18.2 Å². The number of hydrogen-bond acceptors (Lipinski definition) is 2. The third-order valence-electron chi connectivity index (χ3n) is 3.42. The fourth-order valence-corrected chi connectivity index (χ4v) is 2.41. The fraction of sp³-hybridized carbons (Fsp3) is 0.467. The van der Waals surface area contributed by atoms with Crippen LogP contribution < -0.4 is 4.90 Å². The van der Waals surface area contributed by atoms with E-state index in [1.165, 1.54) is 0 Å². The number of Topliss-reactive ketones (excluding diaryl/α,β-unsaturated/α-hetero) is 1. The molecule has 0 aliphatic carbocycles. The maximum Gasteiger partial charge on any atom is 0.237 e. The highest BCUT2D eigenvalue weighted by Crippen LogP contribution is 2.26. The van der Waals surface area contributed by atoms with E-state index in [4.69, 9.17) is 0 Å². The summed E-state index contributed by atoms with van der Waals surface area (Å²) in [5.41, 5.74) is 0.892. The Morgan fingerprint density at radius 1 is 1.28 bits per heavy atom. The molecule has 1 aromatic carbocycles. The Morgan fingerprint density at radius 3 is 2.56 bits per heavy atom. The largest absolute Gasteiger partial charge is 0.312 e. The maximum absolute atomic E-state index is 12.4. The lowest BCUT2D eigenvalue weighted by Gasteiger charge is -2.32. The Balaban J connectivity index is 2.20. The van der Waals surface area contributed by atoms with Crippen molar-refractivity contribution in [3.8, 4) is 0 Å². The molecular formula is C15H19NO2. The van der Waals surface area contributed by atoms with Gasteiger partial charge < -0.3 is 4.90 Å². The molecule has 1 aliphatic heterocycles. The van der Waals surface area contributed by atoms with E-state index >= 15 is 0 Å². The summed E-state index contributed by atoms with van der Waals surface area (Å²) in [6, 6.07) is 9.59. The Hall–Kier alpha value is -1.64. The summed E-state index contributed by atoms with van der Waals surface area (Å²) in [4.78, 5) is 26.2. The average molecular weight is 245 g/mol. The standard InChI is InChI=1S/C15H19NO2/c1-11(2)14(17)13-9-6-10-16(15(13)18)12-7-4-3-5-8-12/h3-5,7-8,11,13H,6,9-10H2,1-2H3/t13-/m1/s1. The number of anilines is 1. The molecule has 1 aliphatic rings. The van der Waals surface area contributed by atoms with Gasteiger partial charge in [0.05, 0.1) is 5.92 Å². The van der Waals surface area contributed by atoms with Gasteiger partial charge >= 0.3 is 0 Å². The molecule has 2 rings (SSSR count). The van der Waals surface area contributed by atoms with Gasteiger partial charge in [-0.05, 0) is 25.0 Å². The van der Waals surface area contributed by atoms with Crippen molar-refractivity contribution in [3.05, 3.63) is 30.3 Å². The topological polar surface area (TPSA) is 37.4 Å². The summed E-state index contributed by atoms with van der Waals surface area (Å²) in [6.45, 7) is 4.43. The first kappa shape index (κ1) is 12.8. The van der Waals surface area contributed by atoms with Crippen LogP contribution in [0.5, 0.6) is 0 Å². The third kappa shape index (κ3) is 2.45. The molecule has 1 saturated heterocycles. The lowest BCUT2D eigenvalue weighted by Crippen LogP contribution is -2.45. The number of nitrogens with zero attached hydrogens (tertiary/aromatic N) is 1. The Morgan fingerprint density at radius 2 is 1.94 bits per heavy atom. The van der Waals surface area contributed by atoms with Crippen molar-refractivity contribution in [2.45, 2.75) is 26.7 Å². The molecule has 96 valence electrons. The monoisotopic (exact) mass is 245 g/mol. The van der Waals surface area contributed by atoms with Crippen LogP contribution in [0.4, 0.5) is 5.69 Å². The minimum absolute atomic E-state index is 0.0360. The zero-order valence-corrected chi connectivity index (χ0v) is 10.9. The van der Waals surface area contributed by atoms with Crippen LogP contribution >= 0.6 is 0 Å². The van der Waals surface area contributed by atoms with E-state index in [1.54, 1.807) is 4.90 Å². The van der Waals surface area contributed by atoms with E-state index in [0.29, 0.717) is 13.0 Å². The predicted molar refractivity (Wildman–Crippen MR) is 71.4 cm³/mol. The van der Waals surface area contributed by atoms with E-state index in [9.17, 15) is 9.59 Å². The molecule has 0 radical (unpaired) electrons. The number of carbonyl (C=O) groups is 2. The molecule has 1 amide bonds. The van der Waals surface area contributed by atoms with Gasteiger partial charge in [0.1, 0.15) is 5.78 Å². The molecule has 3 nitrogen and oxygen atoms in total. The van der Waals surface area contributed by atoms with Gasteiger partial charge in [-0.2, -0.15) is 0 Å². The van der Waals surface area contributed by atoms with Crippen molar-refractivity contribution < 1.29 is 9.59 Å². The van der Waals surface area contributed by atoms with Gasteiger partial charge in [0.2, 0.25) is 5.91 Å². The molecule has 1 atom stereocenters. The van der Waals surface area contributed by atoms with Gasteiger partial charge in [-0.25, -0.2) is 0 Å². The molecular weight excluding hydrogens is 226 g/mol. The van der Waals surface area contributed by atoms with E-state index in [1.807, 2.05) is 44.2 Å². The highest BCUT2D eigenvalue weighted by atomic mass is 16.2. The Kier molecular flexibility index (Phi) is 3.80. The van der Waals surface area contributed by atoms with Crippen LogP contribution in [0.25, 0.3) is 0 Å². The van der Waals surface area contributed by atoms with Gasteiger partial charge in [-0.1, -0.05) is 32.0 Å². The second kappa shape index (κ2) is 5.34. The summed E-state index contributed by atoms with van der Waals surface area (Å²) in [5.74, 6) is -0.486. The van der Waals surface area contributed by atoms with Crippen molar-refractivity contribution in [1.82, 2.24) is 0 Å². The summed E-state index contributed by atoms with van der Waals surface area (Å²) in [6.07, 6.45) is 1.59. The Bertz CT molecular complexity index is 439. The van der Waals surface area contributed by atoms with Crippen molar-refractivity contribution in [1.29, 1.82) is 0 Å². The predicted octanol–water partition coefficient (Wildman–Crippen LogP) is 2.65. The minimum atomic E-state index is -0.445. The maximum atomic E-state index is 12.4. The molecule has 18 heavy (non-hydrogen) atoms. The van der Waals surface area contributed by atoms with Crippen molar-refractivity contribution >= 4 is 17.4 Å². The van der Waals surface area contributed by atoms with Crippen molar-refractivity contribution in [3.63, 3.8) is 0 Å². The molecule has 0 saturated carbocycles. The van der Waals surface area contributed by atoms with Gasteiger partial charge in [-0.15, -0.1) is 0 Å². The first-order valence-electron chi connectivity index (χ1n) is 6.51. The van der Waals surface area contributed by atoms with E-state index in [2.05, 4.69) is 0 Å². The van der Waals surface area contributed by atoms with Crippen molar-refractivity contribution in [2.75, 3.05) is 11.4 Å². The molecule has 1 heterocycles. The van der Waals surface area contributed by atoms with Gasteiger partial charge in [-0.3, -0.25) is 9.59 Å². The smallest absolute Gasteiger partial charge is 0.237 e. The summed E-state index contributed by atoms with van der Waals surface area (Å²) in [5, 5.41) is 0. The van der Waals surface area contributed by atoms with E-state index < -0.39 is 5.92 Å². The molecule has 0 unspecified atom stereocenters. The number of para-hydroxylation sites is 1. The van der Waals surface area contributed by atoms with Gasteiger partial charge in [0.15, 0.2) is 0 Å². The van der Waals surface area contributed by atoms with Gasteiger partial charge in [0.25, 0.3) is 0 Å². The van der Waals surface area contributed by atoms with Crippen LogP contribution in [0.15, 0.2) is 30.3 Å². The number of hydrogen-bond donors (Lipinski definition) is 0. The van der Waals surface area contributed by atoms with Crippen LogP contribution in [0.2, 0.25) is 0 Å². The lowest BCUT2D eigenvalue weighted by atomic mass is 9.87. The molecule has 0 bridgehead atoms. The molecule has 1 fully saturated rings. The first-order chi connectivity index (χ1) is 8.61. The number of benzene rings is 1. The molecule has 3 heteroatoms. The molecule has 0 aromatic heterocycles.